The Labute approximate surface area is 169 Å². The van der Waals surface area contributed by atoms with Crippen molar-refractivity contribution >= 4 is 39.5 Å². The van der Waals surface area contributed by atoms with Crippen LogP contribution in [-0.4, -0.2) is 32.3 Å². The Bertz CT molecular complexity index is 1170. The third-order valence-corrected chi connectivity index (χ3v) is 5.25. The standard InChI is InChI=1S/C19H16ClN5O2S/c1-3-27-16-8-7-12(10-15(16)20)17(26)21-14-6-4-5-13(9-14)18-24-25-11(2)22-23-19(25)28-18/h4-10H,3H2,1-2H3,(H,21,26). The maximum Gasteiger partial charge on any atom is 0.255 e. The number of anilines is 1. The topological polar surface area (TPSA) is 81.4 Å². The van der Waals surface area contributed by atoms with E-state index in [0.717, 1.165) is 21.4 Å². The lowest BCUT2D eigenvalue weighted by molar-refractivity contribution is 0.102. The number of nitrogens with zero attached hydrogens (tertiary/aromatic N) is 4. The smallest absolute Gasteiger partial charge is 0.255 e. The summed E-state index contributed by atoms with van der Waals surface area (Å²) in [5.74, 6) is 1.03. The van der Waals surface area contributed by atoms with Crippen molar-refractivity contribution in [2.24, 2.45) is 0 Å². The van der Waals surface area contributed by atoms with E-state index in [-0.39, 0.29) is 5.91 Å². The Morgan fingerprint density at radius 1 is 1.25 bits per heavy atom. The summed E-state index contributed by atoms with van der Waals surface area (Å²) in [7, 11) is 0. The van der Waals surface area contributed by atoms with E-state index in [1.165, 1.54) is 11.3 Å². The number of halogens is 1. The summed E-state index contributed by atoms with van der Waals surface area (Å²) in [5.41, 5.74) is 2.00. The molecule has 142 valence electrons. The zero-order valence-electron chi connectivity index (χ0n) is 15.1. The SMILES string of the molecule is CCOc1ccc(C(=O)Nc2cccc(-c3nn4c(C)nnc4s3)c2)cc1Cl. The fourth-order valence-corrected chi connectivity index (χ4v) is 3.80. The fourth-order valence-electron chi connectivity index (χ4n) is 2.68. The molecule has 4 aromatic rings. The molecule has 2 aromatic carbocycles. The molecule has 0 aliphatic rings. The predicted molar refractivity (Wildman–Crippen MR) is 109 cm³/mol. The van der Waals surface area contributed by atoms with Crippen molar-refractivity contribution in [3.05, 3.63) is 58.9 Å². The van der Waals surface area contributed by atoms with Crippen molar-refractivity contribution in [1.82, 2.24) is 19.8 Å². The molecule has 1 amide bonds. The number of aromatic nitrogens is 4. The van der Waals surface area contributed by atoms with Gasteiger partial charge in [-0.05, 0) is 44.2 Å². The minimum Gasteiger partial charge on any atom is -0.492 e. The van der Waals surface area contributed by atoms with Crippen LogP contribution in [-0.2, 0) is 0 Å². The van der Waals surface area contributed by atoms with Gasteiger partial charge in [0.25, 0.3) is 5.91 Å². The molecule has 0 spiro atoms. The average molecular weight is 414 g/mol. The lowest BCUT2D eigenvalue weighted by Crippen LogP contribution is -2.12. The highest BCUT2D eigenvalue weighted by atomic mass is 35.5. The second kappa shape index (κ2) is 7.57. The summed E-state index contributed by atoms with van der Waals surface area (Å²) in [5, 5.41) is 16.7. The zero-order valence-corrected chi connectivity index (χ0v) is 16.7. The Hall–Kier alpha value is -2.97. The lowest BCUT2D eigenvalue weighted by Gasteiger charge is -2.09. The Morgan fingerprint density at radius 2 is 2.11 bits per heavy atom. The van der Waals surface area contributed by atoms with Crippen LogP contribution in [0.5, 0.6) is 5.75 Å². The van der Waals surface area contributed by atoms with E-state index in [0.29, 0.717) is 28.6 Å². The molecule has 0 aliphatic heterocycles. The number of benzene rings is 2. The van der Waals surface area contributed by atoms with Crippen LogP contribution < -0.4 is 10.1 Å². The highest BCUT2D eigenvalue weighted by Gasteiger charge is 2.13. The third-order valence-electron chi connectivity index (χ3n) is 4.01. The number of aryl methyl sites for hydroxylation is 1. The van der Waals surface area contributed by atoms with Gasteiger partial charge in [0, 0.05) is 16.8 Å². The summed E-state index contributed by atoms with van der Waals surface area (Å²) < 4.78 is 7.10. The van der Waals surface area contributed by atoms with Crippen molar-refractivity contribution in [1.29, 1.82) is 0 Å². The lowest BCUT2D eigenvalue weighted by atomic mass is 10.1. The van der Waals surface area contributed by atoms with E-state index in [1.54, 1.807) is 22.7 Å². The molecule has 0 fully saturated rings. The third kappa shape index (κ3) is 3.56. The zero-order chi connectivity index (χ0) is 19.7. The van der Waals surface area contributed by atoms with Gasteiger partial charge in [0.2, 0.25) is 4.96 Å². The number of carbonyl (C=O) groups excluding carboxylic acids is 1. The molecule has 0 atom stereocenters. The molecule has 0 bridgehead atoms. The van der Waals surface area contributed by atoms with Gasteiger partial charge < -0.3 is 10.1 Å². The molecule has 0 aliphatic carbocycles. The second-order valence-corrected chi connectivity index (χ2v) is 7.33. The summed E-state index contributed by atoms with van der Waals surface area (Å²) in [6.45, 7) is 4.24. The van der Waals surface area contributed by atoms with Crippen LogP contribution in [0.4, 0.5) is 5.69 Å². The Balaban J connectivity index is 1.56. The minimum atomic E-state index is -0.254. The van der Waals surface area contributed by atoms with Crippen LogP contribution in [0.3, 0.4) is 0 Å². The quantitative estimate of drug-likeness (QED) is 0.522. The largest absolute Gasteiger partial charge is 0.492 e. The highest BCUT2D eigenvalue weighted by Crippen LogP contribution is 2.28. The molecule has 28 heavy (non-hydrogen) atoms. The van der Waals surface area contributed by atoms with E-state index in [9.17, 15) is 4.79 Å². The van der Waals surface area contributed by atoms with E-state index in [2.05, 4.69) is 20.6 Å². The molecule has 9 heteroatoms. The maximum absolute atomic E-state index is 12.6. The molecule has 2 heterocycles. The first-order valence-corrected chi connectivity index (χ1v) is 9.77. The van der Waals surface area contributed by atoms with Gasteiger partial charge in [-0.3, -0.25) is 4.79 Å². The van der Waals surface area contributed by atoms with E-state index >= 15 is 0 Å². The van der Waals surface area contributed by atoms with Crippen molar-refractivity contribution < 1.29 is 9.53 Å². The first-order chi connectivity index (χ1) is 13.5. The summed E-state index contributed by atoms with van der Waals surface area (Å²) >= 11 is 7.61. The molecule has 2 aromatic heterocycles. The van der Waals surface area contributed by atoms with Crippen molar-refractivity contribution in [2.75, 3.05) is 11.9 Å². The molecule has 0 radical (unpaired) electrons. The number of nitrogens with one attached hydrogen (secondary N) is 1. The van der Waals surface area contributed by atoms with Crippen molar-refractivity contribution in [3.8, 4) is 16.3 Å². The van der Waals surface area contributed by atoms with Gasteiger partial charge in [0.15, 0.2) is 5.82 Å². The summed E-state index contributed by atoms with van der Waals surface area (Å²) in [6, 6.07) is 12.5. The van der Waals surface area contributed by atoms with E-state index < -0.39 is 0 Å². The Kier molecular flexibility index (Phi) is 4.97. The number of amides is 1. The van der Waals surface area contributed by atoms with Gasteiger partial charge in [0.05, 0.1) is 11.6 Å². The summed E-state index contributed by atoms with van der Waals surface area (Å²) in [6.07, 6.45) is 0. The first-order valence-electron chi connectivity index (χ1n) is 8.58. The first kappa shape index (κ1) is 18.4. The molecule has 1 N–H and O–H groups in total. The number of ether oxygens (including phenoxy) is 1. The fraction of sp³-hybridized carbons (Fsp3) is 0.158. The van der Waals surface area contributed by atoms with E-state index in [1.807, 2.05) is 38.1 Å². The normalized spacial score (nSPS) is 11.0. The average Bonchev–Trinajstić information content (AvgIpc) is 3.26. The summed E-state index contributed by atoms with van der Waals surface area (Å²) in [4.78, 5) is 13.3. The molecular weight excluding hydrogens is 398 g/mol. The maximum atomic E-state index is 12.6. The van der Waals surface area contributed by atoms with Crippen LogP contribution in [0.2, 0.25) is 5.02 Å². The monoisotopic (exact) mass is 413 g/mol. The molecular formula is C19H16ClN5O2S. The Morgan fingerprint density at radius 3 is 2.86 bits per heavy atom. The number of hydrogen-bond acceptors (Lipinski definition) is 6. The number of fused-ring (bicyclic) bond motifs is 1. The predicted octanol–water partition coefficient (Wildman–Crippen LogP) is 4.47. The molecule has 7 nitrogen and oxygen atoms in total. The van der Waals surface area contributed by atoms with Gasteiger partial charge in [-0.15, -0.1) is 10.2 Å². The van der Waals surface area contributed by atoms with Crippen LogP contribution in [0.15, 0.2) is 42.5 Å². The molecule has 4 rings (SSSR count). The number of rotatable bonds is 5. The van der Waals surface area contributed by atoms with Gasteiger partial charge in [-0.2, -0.15) is 9.61 Å². The van der Waals surface area contributed by atoms with E-state index in [4.69, 9.17) is 16.3 Å². The molecule has 0 unspecified atom stereocenters. The minimum absolute atomic E-state index is 0.254. The van der Waals surface area contributed by atoms with Crippen LogP contribution >= 0.6 is 22.9 Å². The van der Waals surface area contributed by atoms with Crippen LogP contribution in [0.1, 0.15) is 23.1 Å². The number of hydrogen-bond donors (Lipinski definition) is 1. The highest BCUT2D eigenvalue weighted by molar-refractivity contribution is 7.19. The van der Waals surface area contributed by atoms with Gasteiger partial charge in [-0.1, -0.05) is 35.1 Å². The van der Waals surface area contributed by atoms with Crippen molar-refractivity contribution in [2.45, 2.75) is 13.8 Å². The molecule has 0 saturated carbocycles. The van der Waals surface area contributed by atoms with Gasteiger partial charge in [0.1, 0.15) is 10.8 Å². The van der Waals surface area contributed by atoms with Gasteiger partial charge in [-0.25, -0.2) is 0 Å². The van der Waals surface area contributed by atoms with Crippen LogP contribution in [0, 0.1) is 6.92 Å². The second-order valence-electron chi connectivity index (χ2n) is 5.96. The number of carbonyl (C=O) groups is 1. The molecule has 0 saturated heterocycles. The van der Waals surface area contributed by atoms with Crippen molar-refractivity contribution in [3.63, 3.8) is 0 Å². The van der Waals surface area contributed by atoms with Gasteiger partial charge >= 0.3 is 0 Å². The van der Waals surface area contributed by atoms with Crippen LogP contribution in [0.25, 0.3) is 15.5 Å².